The lowest BCUT2D eigenvalue weighted by atomic mass is 10.2. The van der Waals surface area contributed by atoms with Crippen LogP contribution in [0.3, 0.4) is 0 Å². The van der Waals surface area contributed by atoms with E-state index in [1.54, 1.807) is 24.5 Å². The number of amides is 1. The fourth-order valence-corrected chi connectivity index (χ4v) is 3.09. The molecular formula is C18H22ClN5O. The molecule has 1 N–H and O–H groups in total. The number of hydrogen-bond donors (Lipinski definition) is 1. The van der Waals surface area contributed by atoms with Gasteiger partial charge in [-0.15, -0.1) is 0 Å². The molecule has 0 unspecified atom stereocenters. The first kappa shape index (κ1) is 17.6. The Morgan fingerprint density at radius 2 is 1.80 bits per heavy atom. The number of anilines is 1. The fraction of sp³-hybridized carbons (Fsp3) is 0.389. The Morgan fingerprint density at radius 3 is 2.52 bits per heavy atom. The molecule has 7 heteroatoms. The van der Waals surface area contributed by atoms with Crippen LogP contribution in [0, 0.1) is 0 Å². The van der Waals surface area contributed by atoms with E-state index in [-0.39, 0.29) is 5.91 Å². The van der Waals surface area contributed by atoms with E-state index < -0.39 is 0 Å². The van der Waals surface area contributed by atoms with Crippen LogP contribution in [0.5, 0.6) is 0 Å². The zero-order chi connectivity index (χ0) is 17.5. The third kappa shape index (κ3) is 4.90. The lowest BCUT2D eigenvalue weighted by Crippen LogP contribution is -2.47. The summed E-state index contributed by atoms with van der Waals surface area (Å²) < 4.78 is 0. The van der Waals surface area contributed by atoms with Crippen LogP contribution in [0.2, 0.25) is 5.02 Å². The summed E-state index contributed by atoms with van der Waals surface area (Å²) in [5.41, 5.74) is 0.528. The number of benzene rings is 1. The number of nitrogens with zero attached hydrogens (tertiary/aromatic N) is 4. The number of halogens is 1. The third-order valence-corrected chi connectivity index (χ3v) is 4.59. The zero-order valence-corrected chi connectivity index (χ0v) is 14.8. The molecule has 25 heavy (non-hydrogen) atoms. The number of rotatable bonds is 6. The zero-order valence-electron chi connectivity index (χ0n) is 14.1. The van der Waals surface area contributed by atoms with Gasteiger partial charge in [0.25, 0.3) is 5.91 Å². The van der Waals surface area contributed by atoms with E-state index in [0.29, 0.717) is 17.1 Å². The van der Waals surface area contributed by atoms with Crippen molar-refractivity contribution < 1.29 is 4.79 Å². The molecule has 2 aromatic rings. The molecular weight excluding hydrogens is 338 g/mol. The Morgan fingerprint density at radius 1 is 1.08 bits per heavy atom. The monoisotopic (exact) mass is 359 g/mol. The summed E-state index contributed by atoms with van der Waals surface area (Å²) in [4.78, 5) is 25.3. The van der Waals surface area contributed by atoms with E-state index in [1.165, 1.54) is 0 Å². The normalized spacial score (nSPS) is 15.2. The molecule has 1 amide bonds. The molecule has 1 aliphatic heterocycles. The van der Waals surface area contributed by atoms with E-state index in [9.17, 15) is 4.79 Å². The maximum atomic E-state index is 12.1. The lowest BCUT2D eigenvalue weighted by molar-refractivity contribution is 0.0951. The summed E-state index contributed by atoms with van der Waals surface area (Å²) in [6.45, 7) is 5.43. The van der Waals surface area contributed by atoms with Gasteiger partial charge in [0.15, 0.2) is 0 Å². The van der Waals surface area contributed by atoms with Crippen molar-refractivity contribution in [1.82, 2.24) is 20.2 Å². The van der Waals surface area contributed by atoms with Gasteiger partial charge in [-0.2, -0.15) is 0 Å². The van der Waals surface area contributed by atoms with Gasteiger partial charge in [-0.1, -0.05) is 23.7 Å². The maximum Gasteiger partial charge on any atom is 0.252 e. The van der Waals surface area contributed by atoms with Gasteiger partial charge in [-0.05, 0) is 31.2 Å². The second kappa shape index (κ2) is 8.78. The van der Waals surface area contributed by atoms with Crippen LogP contribution in [0.1, 0.15) is 16.8 Å². The second-order valence-electron chi connectivity index (χ2n) is 5.97. The van der Waals surface area contributed by atoms with E-state index in [0.717, 1.165) is 45.1 Å². The lowest BCUT2D eigenvalue weighted by Gasteiger charge is -2.34. The maximum absolute atomic E-state index is 12.1. The van der Waals surface area contributed by atoms with Crippen LogP contribution >= 0.6 is 11.6 Å². The highest BCUT2D eigenvalue weighted by atomic mass is 35.5. The molecule has 132 valence electrons. The van der Waals surface area contributed by atoms with Crippen molar-refractivity contribution in [3.05, 3.63) is 53.3 Å². The second-order valence-corrected chi connectivity index (χ2v) is 6.37. The Labute approximate surface area is 152 Å². The molecule has 0 aliphatic carbocycles. The fourth-order valence-electron chi connectivity index (χ4n) is 2.87. The first-order chi connectivity index (χ1) is 12.2. The standard InChI is InChI=1S/C18H22ClN5O/c19-16-6-2-1-5-15(16)17(25)20-9-4-10-23-11-13-24(14-12-23)18-21-7-3-8-22-18/h1-3,5-8H,4,9-14H2,(H,20,25). The van der Waals surface area contributed by atoms with Crippen molar-refractivity contribution in [3.8, 4) is 0 Å². The summed E-state index contributed by atoms with van der Waals surface area (Å²) >= 11 is 6.03. The van der Waals surface area contributed by atoms with E-state index in [4.69, 9.17) is 11.6 Å². The highest BCUT2D eigenvalue weighted by molar-refractivity contribution is 6.33. The Bertz CT molecular complexity index is 689. The summed E-state index contributed by atoms with van der Waals surface area (Å²) in [5.74, 6) is 0.686. The number of nitrogens with one attached hydrogen (secondary N) is 1. The summed E-state index contributed by atoms with van der Waals surface area (Å²) in [6.07, 6.45) is 4.46. The summed E-state index contributed by atoms with van der Waals surface area (Å²) in [6, 6.07) is 8.93. The molecule has 0 bridgehead atoms. The van der Waals surface area contributed by atoms with Crippen LogP contribution in [0.4, 0.5) is 5.95 Å². The molecule has 3 rings (SSSR count). The number of carbonyl (C=O) groups is 1. The minimum absolute atomic E-state index is 0.114. The molecule has 6 nitrogen and oxygen atoms in total. The number of hydrogen-bond acceptors (Lipinski definition) is 5. The molecule has 0 spiro atoms. The SMILES string of the molecule is O=C(NCCCN1CCN(c2ncccn2)CC1)c1ccccc1Cl. The van der Waals surface area contributed by atoms with Crippen LogP contribution in [0.15, 0.2) is 42.7 Å². The molecule has 1 aliphatic rings. The third-order valence-electron chi connectivity index (χ3n) is 4.26. The topological polar surface area (TPSA) is 61.4 Å². The summed E-state index contributed by atoms with van der Waals surface area (Å²) in [7, 11) is 0. The van der Waals surface area contributed by atoms with Crippen molar-refractivity contribution >= 4 is 23.5 Å². The number of carbonyl (C=O) groups excluding carboxylic acids is 1. The smallest absolute Gasteiger partial charge is 0.252 e. The van der Waals surface area contributed by atoms with Gasteiger partial charge >= 0.3 is 0 Å². The first-order valence-corrected chi connectivity index (χ1v) is 8.89. The number of aromatic nitrogens is 2. The van der Waals surface area contributed by atoms with Crippen LogP contribution in [-0.4, -0.2) is 60.0 Å². The molecule has 1 aromatic carbocycles. The molecule has 0 radical (unpaired) electrons. The molecule has 1 saturated heterocycles. The van der Waals surface area contributed by atoms with Crippen molar-refractivity contribution in [2.75, 3.05) is 44.2 Å². The number of piperazine rings is 1. The average molecular weight is 360 g/mol. The Kier molecular flexibility index (Phi) is 6.19. The van der Waals surface area contributed by atoms with E-state index >= 15 is 0 Å². The molecule has 2 heterocycles. The predicted octanol–water partition coefficient (Wildman–Crippen LogP) is 2.07. The summed E-state index contributed by atoms with van der Waals surface area (Å²) in [5, 5.41) is 3.42. The molecule has 0 saturated carbocycles. The Balaban J connectivity index is 1.35. The van der Waals surface area contributed by atoms with Gasteiger partial charge in [0.05, 0.1) is 10.6 Å². The molecule has 1 fully saturated rings. The molecule has 1 aromatic heterocycles. The van der Waals surface area contributed by atoms with Crippen LogP contribution < -0.4 is 10.2 Å². The van der Waals surface area contributed by atoms with Gasteiger partial charge in [-0.25, -0.2) is 9.97 Å². The minimum atomic E-state index is -0.114. The van der Waals surface area contributed by atoms with Gasteiger partial charge in [-0.3, -0.25) is 9.69 Å². The Hall–Kier alpha value is -2.18. The highest BCUT2D eigenvalue weighted by Crippen LogP contribution is 2.14. The van der Waals surface area contributed by atoms with Crippen LogP contribution in [0.25, 0.3) is 0 Å². The average Bonchev–Trinajstić information content (AvgIpc) is 2.66. The van der Waals surface area contributed by atoms with Crippen molar-refractivity contribution in [2.45, 2.75) is 6.42 Å². The van der Waals surface area contributed by atoms with Crippen LogP contribution in [-0.2, 0) is 0 Å². The minimum Gasteiger partial charge on any atom is -0.352 e. The van der Waals surface area contributed by atoms with Gasteiger partial charge < -0.3 is 10.2 Å². The van der Waals surface area contributed by atoms with E-state index in [2.05, 4.69) is 25.1 Å². The van der Waals surface area contributed by atoms with Crippen molar-refractivity contribution in [2.24, 2.45) is 0 Å². The highest BCUT2D eigenvalue weighted by Gasteiger charge is 2.18. The quantitative estimate of drug-likeness (QED) is 0.800. The van der Waals surface area contributed by atoms with Gasteiger partial charge in [0.1, 0.15) is 0 Å². The predicted molar refractivity (Wildman–Crippen MR) is 99.1 cm³/mol. The largest absolute Gasteiger partial charge is 0.352 e. The van der Waals surface area contributed by atoms with Crippen molar-refractivity contribution in [1.29, 1.82) is 0 Å². The first-order valence-electron chi connectivity index (χ1n) is 8.51. The van der Waals surface area contributed by atoms with E-state index in [1.807, 2.05) is 18.2 Å². The van der Waals surface area contributed by atoms with Gasteiger partial charge in [0, 0.05) is 45.1 Å². The van der Waals surface area contributed by atoms with Gasteiger partial charge in [0.2, 0.25) is 5.95 Å². The van der Waals surface area contributed by atoms with Crippen molar-refractivity contribution in [3.63, 3.8) is 0 Å². The molecule has 0 atom stereocenters.